The SMILES string of the molecule is COC(=O)C1=C(C(=O)OC)SC(=C2CCC(=C3SC4=C(S3)SC(=C3SC(C)=C(C)S3)S4)S2)S1. The zero-order valence-corrected chi connectivity index (χ0v) is 25.1. The van der Waals surface area contributed by atoms with Crippen LogP contribution in [0.5, 0.6) is 0 Å². The third kappa shape index (κ3) is 5.04. The van der Waals surface area contributed by atoms with Crippen LogP contribution in [0.3, 0.4) is 0 Å². The number of hydrogen-bond acceptors (Lipinski definition) is 13. The monoisotopic (exact) mass is 608 g/mol. The Bertz CT molecular complexity index is 1100. The van der Waals surface area contributed by atoms with Crippen LogP contribution in [0.15, 0.2) is 54.9 Å². The van der Waals surface area contributed by atoms with Crippen LogP contribution in [0.25, 0.3) is 0 Å². The van der Waals surface area contributed by atoms with Crippen molar-refractivity contribution in [3.63, 3.8) is 0 Å². The average Bonchev–Trinajstić information content (AvgIpc) is 3.59. The molecule has 0 aromatic rings. The molecule has 33 heavy (non-hydrogen) atoms. The van der Waals surface area contributed by atoms with Crippen molar-refractivity contribution in [1.82, 2.24) is 0 Å². The summed E-state index contributed by atoms with van der Waals surface area (Å²) in [5.41, 5.74) is 0. The van der Waals surface area contributed by atoms with Gasteiger partial charge in [0.15, 0.2) is 0 Å². The van der Waals surface area contributed by atoms with Gasteiger partial charge in [-0.05, 0) is 36.5 Å². The van der Waals surface area contributed by atoms with E-state index in [2.05, 4.69) is 13.8 Å². The zero-order valence-electron chi connectivity index (χ0n) is 17.7. The maximum atomic E-state index is 12.2. The van der Waals surface area contributed by atoms with E-state index in [1.807, 2.05) is 70.6 Å². The van der Waals surface area contributed by atoms with Crippen LogP contribution in [0, 0.1) is 0 Å². The van der Waals surface area contributed by atoms with Crippen molar-refractivity contribution in [2.75, 3.05) is 14.2 Å². The third-order valence-corrected chi connectivity index (χ3v) is 18.0. The predicted octanol–water partition coefficient (Wildman–Crippen LogP) is 8.83. The molecule has 0 radical (unpaired) electrons. The van der Waals surface area contributed by atoms with Crippen LogP contribution in [-0.2, 0) is 19.1 Å². The number of hydrogen-bond donors (Lipinski definition) is 0. The van der Waals surface area contributed by atoms with Crippen molar-refractivity contribution in [2.24, 2.45) is 0 Å². The largest absolute Gasteiger partial charge is 0.465 e. The van der Waals surface area contributed by atoms with E-state index in [-0.39, 0.29) is 0 Å². The summed E-state index contributed by atoms with van der Waals surface area (Å²) in [5.74, 6) is -0.989. The molecule has 13 heteroatoms. The van der Waals surface area contributed by atoms with Crippen LogP contribution in [0.4, 0.5) is 0 Å². The number of esters is 2. The van der Waals surface area contributed by atoms with Crippen LogP contribution in [-0.4, -0.2) is 26.2 Å². The lowest BCUT2D eigenvalue weighted by Crippen LogP contribution is -2.08. The summed E-state index contributed by atoms with van der Waals surface area (Å²) in [5, 5.41) is 0. The van der Waals surface area contributed by atoms with E-state index in [0.717, 1.165) is 17.1 Å². The maximum absolute atomic E-state index is 12.2. The predicted molar refractivity (Wildman–Crippen MR) is 155 cm³/mol. The Labute approximate surface area is 230 Å². The first-order valence-corrected chi connectivity index (χ1v) is 16.9. The van der Waals surface area contributed by atoms with Crippen LogP contribution in [0.1, 0.15) is 26.7 Å². The first-order valence-electron chi connectivity index (χ1n) is 9.51. The quantitative estimate of drug-likeness (QED) is 0.281. The van der Waals surface area contributed by atoms with Gasteiger partial charge in [-0.2, -0.15) is 0 Å². The van der Waals surface area contributed by atoms with E-state index < -0.39 is 11.9 Å². The Kier molecular flexibility index (Phi) is 8.01. The molecule has 5 aliphatic rings. The molecule has 0 aromatic heterocycles. The fourth-order valence-electron chi connectivity index (χ4n) is 2.94. The van der Waals surface area contributed by atoms with Crippen molar-refractivity contribution in [3.8, 4) is 0 Å². The zero-order chi connectivity index (χ0) is 23.3. The maximum Gasteiger partial charge on any atom is 0.346 e. The Hall–Kier alpha value is 0.530. The Morgan fingerprint density at radius 2 is 0.909 bits per heavy atom. The van der Waals surface area contributed by atoms with Gasteiger partial charge in [-0.3, -0.25) is 0 Å². The number of allylic oxidation sites excluding steroid dienone is 4. The average molecular weight is 609 g/mol. The van der Waals surface area contributed by atoms with Gasteiger partial charge >= 0.3 is 11.9 Å². The van der Waals surface area contributed by atoms with Gasteiger partial charge in [-0.25, -0.2) is 9.59 Å². The molecule has 0 aliphatic carbocycles. The highest BCUT2D eigenvalue weighted by molar-refractivity contribution is 8.49. The number of rotatable bonds is 2. The number of carbonyl (C=O) groups is 2. The summed E-state index contributed by atoms with van der Waals surface area (Å²) in [6, 6.07) is 0. The van der Waals surface area contributed by atoms with Crippen molar-refractivity contribution in [1.29, 1.82) is 0 Å². The van der Waals surface area contributed by atoms with E-state index in [9.17, 15) is 9.59 Å². The lowest BCUT2D eigenvalue weighted by atomic mass is 10.3. The van der Waals surface area contributed by atoms with Gasteiger partial charge in [0.2, 0.25) is 0 Å². The number of thioether (sulfide) groups is 9. The van der Waals surface area contributed by atoms with Gasteiger partial charge in [0.1, 0.15) is 9.81 Å². The van der Waals surface area contributed by atoms with Gasteiger partial charge in [-0.1, -0.05) is 106 Å². The van der Waals surface area contributed by atoms with Crippen LogP contribution < -0.4 is 0 Å². The van der Waals surface area contributed by atoms with E-state index in [0.29, 0.717) is 9.81 Å². The highest BCUT2D eigenvalue weighted by Crippen LogP contribution is 2.71. The smallest absolute Gasteiger partial charge is 0.346 e. The second-order valence-corrected chi connectivity index (χ2v) is 18.1. The van der Waals surface area contributed by atoms with Crippen molar-refractivity contribution < 1.29 is 19.1 Å². The molecule has 5 heterocycles. The van der Waals surface area contributed by atoms with Crippen LogP contribution >= 0.6 is 106 Å². The molecule has 1 fully saturated rings. The lowest BCUT2D eigenvalue weighted by molar-refractivity contribution is -0.138. The molecule has 174 valence electrons. The molecule has 0 aromatic carbocycles. The minimum atomic E-state index is -0.495. The van der Waals surface area contributed by atoms with E-state index >= 15 is 0 Å². The highest BCUT2D eigenvalue weighted by atomic mass is 32.3. The summed E-state index contributed by atoms with van der Waals surface area (Å²) in [7, 11) is 2.66. The Balaban J connectivity index is 1.27. The molecule has 5 rings (SSSR count). The van der Waals surface area contributed by atoms with E-state index in [1.54, 1.807) is 11.8 Å². The fourth-order valence-corrected chi connectivity index (χ4v) is 16.3. The summed E-state index contributed by atoms with van der Waals surface area (Å²) >= 11 is 15.8. The number of methoxy groups -OCH3 is 2. The lowest BCUT2D eigenvalue weighted by Gasteiger charge is -2.07. The normalized spacial score (nSPS) is 23.2. The van der Waals surface area contributed by atoms with Gasteiger partial charge < -0.3 is 9.47 Å². The summed E-state index contributed by atoms with van der Waals surface area (Å²) in [4.78, 5) is 30.4. The Morgan fingerprint density at radius 3 is 1.33 bits per heavy atom. The molecule has 0 bridgehead atoms. The molecule has 0 unspecified atom stereocenters. The highest BCUT2D eigenvalue weighted by Gasteiger charge is 2.38. The second kappa shape index (κ2) is 10.5. The molecule has 0 N–H and O–H groups in total. The van der Waals surface area contributed by atoms with Gasteiger partial charge in [0.25, 0.3) is 0 Å². The topological polar surface area (TPSA) is 52.6 Å². The summed E-state index contributed by atoms with van der Waals surface area (Å²) in [6.45, 7) is 4.39. The van der Waals surface area contributed by atoms with E-state index in [4.69, 9.17) is 9.47 Å². The van der Waals surface area contributed by atoms with Gasteiger partial charge in [0, 0.05) is 9.81 Å². The van der Waals surface area contributed by atoms with Gasteiger partial charge in [0.05, 0.1) is 39.6 Å². The standard InChI is InChI=1S/C20H16O4S9/c1-7-8(2)26-17(25-7)18-32-19-20(33-18)31-16(30-19)10-6-5-9(27-10)15-28-11(13(21)23-3)12(29-15)14(22)24-4/h5-6H2,1-4H3. The van der Waals surface area contributed by atoms with E-state index in [1.165, 1.54) is 78.5 Å². The first kappa shape index (κ1) is 25.2. The molecule has 1 saturated heterocycles. The summed E-state index contributed by atoms with van der Waals surface area (Å²) in [6.07, 6.45) is 1.90. The van der Waals surface area contributed by atoms with Crippen LogP contribution in [0.2, 0.25) is 0 Å². The fraction of sp³-hybridized carbons (Fsp3) is 0.300. The second-order valence-electron chi connectivity index (χ2n) is 6.74. The van der Waals surface area contributed by atoms with Gasteiger partial charge in [-0.15, -0.1) is 0 Å². The minimum Gasteiger partial charge on any atom is -0.465 e. The summed E-state index contributed by atoms with van der Waals surface area (Å²) < 4.78 is 17.7. The third-order valence-electron chi connectivity index (χ3n) is 4.68. The number of carbonyl (C=O) groups excluding carboxylic acids is 2. The molecule has 0 spiro atoms. The Morgan fingerprint density at radius 1 is 0.545 bits per heavy atom. The molecule has 0 atom stereocenters. The molecule has 0 saturated carbocycles. The molecule has 4 nitrogen and oxygen atoms in total. The molecule has 5 aliphatic heterocycles. The number of ether oxygens (including phenoxy) is 2. The van der Waals surface area contributed by atoms with Crippen molar-refractivity contribution >= 4 is 118 Å². The molecular formula is C20H16O4S9. The molecule has 0 amide bonds. The first-order chi connectivity index (χ1) is 15.9. The minimum absolute atomic E-state index is 0.319. The van der Waals surface area contributed by atoms with Crippen molar-refractivity contribution in [3.05, 3.63) is 54.9 Å². The van der Waals surface area contributed by atoms with Crippen molar-refractivity contribution in [2.45, 2.75) is 26.7 Å². The molecular weight excluding hydrogens is 593 g/mol.